The van der Waals surface area contributed by atoms with E-state index in [2.05, 4.69) is 0 Å². The third-order valence-electron chi connectivity index (χ3n) is 1.91. The lowest BCUT2D eigenvalue weighted by Crippen LogP contribution is -2.27. The molecule has 0 aliphatic rings. The highest BCUT2D eigenvalue weighted by Gasteiger charge is 2.11. The highest BCUT2D eigenvalue weighted by atomic mass is 16.5. The van der Waals surface area contributed by atoms with Crippen molar-refractivity contribution in [3.05, 3.63) is 36.7 Å². The van der Waals surface area contributed by atoms with Crippen molar-refractivity contribution in [1.29, 1.82) is 0 Å². The van der Waals surface area contributed by atoms with Crippen LogP contribution in [0, 0.1) is 0 Å². The van der Waals surface area contributed by atoms with Gasteiger partial charge in [-0.2, -0.15) is 4.57 Å². The van der Waals surface area contributed by atoms with Crippen molar-refractivity contribution in [1.82, 2.24) is 0 Å². The summed E-state index contributed by atoms with van der Waals surface area (Å²) in [6.07, 6.45) is 1.41. The largest absolute Gasteiger partial charge is 0.540 e. The number of benzene rings is 1. The van der Waals surface area contributed by atoms with Gasteiger partial charge < -0.3 is 9.52 Å². The molecule has 1 heterocycles. The zero-order valence-corrected chi connectivity index (χ0v) is 7.23. The molecule has 2 rings (SSSR count). The normalized spacial score (nSPS) is 10.2. The molecule has 66 valence electrons. The Morgan fingerprint density at radius 2 is 1.92 bits per heavy atom. The van der Waals surface area contributed by atoms with Crippen molar-refractivity contribution >= 4 is 0 Å². The summed E-state index contributed by atoms with van der Waals surface area (Å²) in [6.45, 7) is 0. The van der Waals surface area contributed by atoms with Crippen LogP contribution in [0.25, 0.3) is 11.3 Å². The zero-order valence-electron chi connectivity index (χ0n) is 7.23. The van der Waals surface area contributed by atoms with Crippen LogP contribution in [-0.2, 0) is 7.05 Å². The molecule has 13 heavy (non-hydrogen) atoms. The predicted molar refractivity (Wildman–Crippen MR) is 44.8 cm³/mol. The molecule has 0 saturated heterocycles. The topological polar surface area (TPSA) is 40.1 Å². The number of aryl methyl sites for hydroxylation is 1. The molecule has 0 aliphatic heterocycles. The Morgan fingerprint density at radius 3 is 2.46 bits per heavy atom. The van der Waals surface area contributed by atoms with E-state index in [0.29, 0.717) is 5.69 Å². The van der Waals surface area contributed by atoms with E-state index in [1.807, 2.05) is 30.3 Å². The summed E-state index contributed by atoms with van der Waals surface area (Å²) in [5.41, 5.74) is 1.46. The molecule has 3 heteroatoms. The molecule has 1 aromatic heterocycles. The smallest absolute Gasteiger partial charge is 0.235 e. The minimum absolute atomic E-state index is 0.297. The van der Waals surface area contributed by atoms with E-state index in [0.717, 1.165) is 5.56 Å². The maximum atomic E-state index is 11.3. The van der Waals surface area contributed by atoms with Gasteiger partial charge in [0.2, 0.25) is 12.1 Å². The number of aromatic nitrogens is 1. The first-order valence-corrected chi connectivity index (χ1v) is 3.98. The molecule has 0 bridgehead atoms. The fraction of sp³-hybridized carbons (Fsp3) is 0.100. The Bertz CT molecular complexity index is 387. The molecule has 0 amide bonds. The Kier molecular flexibility index (Phi) is 1.77. The lowest BCUT2D eigenvalue weighted by Gasteiger charge is -1.97. The summed E-state index contributed by atoms with van der Waals surface area (Å²) in [5.74, 6) is -0.297. The highest BCUT2D eigenvalue weighted by molar-refractivity contribution is 5.59. The minimum atomic E-state index is -0.297. The maximum absolute atomic E-state index is 11.3. The van der Waals surface area contributed by atoms with Gasteiger partial charge in [-0.3, -0.25) is 0 Å². The molecule has 0 saturated carbocycles. The number of nitrogens with zero attached hydrogens (tertiary/aromatic N) is 1. The fourth-order valence-corrected chi connectivity index (χ4v) is 1.30. The molecule has 0 atom stereocenters. The SMILES string of the molecule is C[n+]1coc([O-])c1-c1ccccc1. The molecule has 0 spiro atoms. The molecule has 0 N–H and O–H groups in total. The molecular formula is C10H9NO2. The first-order valence-electron chi connectivity index (χ1n) is 3.98. The van der Waals surface area contributed by atoms with Gasteiger partial charge in [-0.25, -0.2) is 0 Å². The van der Waals surface area contributed by atoms with Crippen LogP contribution < -0.4 is 9.67 Å². The highest BCUT2D eigenvalue weighted by Crippen LogP contribution is 2.22. The molecule has 0 aliphatic carbocycles. The van der Waals surface area contributed by atoms with E-state index in [4.69, 9.17) is 4.42 Å². The second kappa shape index (κ2) is 2.94. The van der Waals surface area contributed by atoms with Gasteiger partial charge in [0.25, 0.3) is 0 Å². The molecule has 2 aromatic rings. The van der Waals surface area contributed by atoms with Gasteiger partial charge in [0, 0.05) is 5.56 Å². The van der Waals surface area contributed by atoms with Gasteiger partial charge >= 0.3 is 0 Å². The van der Waals surface area contributed by atoms with Gasteiger partial charge in [-0.05, 0) is 12.1 Å². The third-order valence-corrected chi connectivity index (χ3v) is 1.91. The summed E-state index contributed by atoms with van der Waals surface area (Å²) in [4.78, 5) is 0. The first kappa shape index (κ1) is 7.86. The van der Waals surface area contributed by atoms with Gasteiger partial charge in [0.1, 0.15) is 13.0 Å². The summed E-state index contributed by atoms with van der Waals surface area (Å²) in [5, 5.41) is 11.3. The third kappa shape index (κ3) is 1.28. The number of rotatable bonds is 1. The molecule has 0 radical (unpaired) electrons. The Labute approximate surface area is 75.9 Å². The van der Waals surface area contributed by atoms with Gasteiger partial charge in [-0.1, -0.05) is 18.2 Å². The van der Waals surface area contributed by atoms with Crippen LogP contribution in [0.5, 0.6) is 5.95 Å². The van der Waals surface area contributed by atoms with Crippen molar-refractivity contribution in [2.75, 3.05) is 0 Å². The molecular weight excluding hydrogens is 166 g/mol. The van der Waals surface area contributed by atoms with E-state index >= 15 is 0 Å². The number of hydrogen-bond donors (Lipinski definition) is 0. The van der Waals surface area contributed by atoms with Crippen LogP contribution in [0.3, 0.4) is 0 Å². The van der Waals surface area contributed by atoms with Crippen molar-refractivity contribution < 1.29 is 14.1 Å². The monoisotopic (exact) mass is 175 g/mol. The average Bonchev–Trinajstić information content (AvgIpc) is 2.48. The molecule has 3 nitrogen and oxygen atoms in total. The van der Waals surface area contributed by atoms with Crippen LogP contribution in [0.1, 0.15) is 0 Å². The van der Waals surface area contributed by atoms with E-state index < -0.39 is 0 Å². The van der Waals surface area contributed by atoms with Gasteiger partial charge in [0.05, 0.1) is 0 Å². The Hall–Kier alpha value is -1.77. The lowest BCUT2D eigenvalue weighted by atomic mass is 10.2. The van der Waals surface area contributed by atoms with Crippen molar-refractivity contribution in [3.63, 3.8) is 0 Å². The van der Waals surface area contributed by atoms with Crippen molar-refractivity contribution in [3.8, 4) is 17.2 Å². The second-order valence-electron chi connectivity index (χ2n) is 2.84. The maximum Gasteiger partial charge on any atom is 0.235 e. The summed E-state index contributed by atoms with van der Waals surface area (Å²) in [7, 11) is 1.78. The van der Waals surface area contributed by atoms with E-state index in [-0.39, 0.29) is 5.95 Å². The predicted octanol–water partition coefficient (Wildman–Crippen LogP) is 0.845. The Balaban J connectivity index is 2.59. The first-order chi connectivity index (χ1) is 6.29. The van der Waals surface area contributed by atoms with Crippen LogP contribution in [0.2, 0.25) is 0 Å². The van der Waals surface area contributed by atoms with Crippen LogP contribution in [0.15, 0.2) is 41.1 Å². The minimum Gasteiger partial charge on any atom is -0.540 e. The van der Waals surface area contributed by atoms with E-state index in [1.54, 1.807) is 11.6 Å². The fourth-order valence-electron chi connectivity index (χ4n) is 1.30. The van der Waals surface area contributed by atoms with Crippen LogP contribution in [0.4, 0.5) is 0 Å². The molecule has 0 unspecified atom stereocenters. The van der Waals surface area contributed by atoms with Crippen LogP contribution in [-0.4, -0.2) is 0 Å². The van der Waals surface area contributed by atoms with E-state index in [1.165, 1.54) is 6.39 Å². The van der Waals surface area contributed by atoms with Gasteiger partial charge in [0.15, 0.2) is 0 Å². The van der Waals surface area contributed by atoms with E-state index in [9.17, 15) is 5.11 Å². The van der Waals surface area contributed by atoms with Crippen molar-refractivity contribution in [2.24, 2.45) is 7.05 Å². The standard InChI is InChI=1S/C10H9NO2/c1-11-7-13-10(12)9(11)8-5-3-2-4-6-8/h2-7H,1H3. The molecule has 0 fully saturated rings. The second-order valence-corrected chi connectivity index (χ2v) is 2.84. The summed E-state index contributed by atoms with van der Waals surface area (Å²) >= 11 is 0. The lowest BCUT2D eigenvalue weighted by molar-refractivity contribution is -0.664. The number of oxazole rings is 1. The van der Waals surface area contributed by atoms with Crippen LogP contribution >= 0.6 is 0 Å². The zero-order chi connectivity index (χ0) is 9.26. The van der Waals surface area contributed by atoms with Crippen molar-refractivity contribution in [2.45, 2.75) is 0 Å². The average molecular weight is 175 g/mol. The quantitative estimate of drug-likeness (QED) is 0.603. The number of hydrogen-bond acceptors (Lipinski definition) is 2. The summed E-state index contributed by atoms with van der Waals surface area (Å²) < 4.78 is 6.44. The molecule has 1 aromatic carbocycles. The van der Waals surface area contributed by atoms with Gasteiger partial charge in [-0.15, -0.1) is 0 Å². The summed E-state index contributed by atoms with van der Waals surface area (Å²) in [6, 6.07) is 9.45. The Morgan fingerprint density at radius 1 is 1.23 bits per heavy atom.